The van der Waals surface area contributed by atoms with Gasteiger partial charge in [0.1, 0.15) is 5.60 Å². The van der Waals surface area contributed by atoms with Gasteiger partial charge < -0.3 is 19.5 Å². The zero-order valence-corrected chi connectivity index (χ0v) is 12.4. The number of hydrogen-bond acceptors (Lipinski definition) is 4. The lowest BCUT2D eigenvalue weighted by molar-refractivity contribution is 0.0508. The minimum atomic E-state index is -0.484. The second-order valence-electron chi connectivity index (χ2n) is 5.94. The number of nitrogens with one attached hydrogen (secondary N) is 1. The number of fused-ring (bicyclic) bond motifs is 1. The van der Waals surface area contributed by atoms with Gasteiger partial charge in [-0.2, -0.15) is 0 Å². The number of ether oxygens (including phenoxy) is 3. The van der Waals surface area contributed by atoms with Gasteiger partial charge in [-0.05, 0) is 51.8 Å². The normalized spacial score (nSPS) is 14.8. The Labute approximate surface area is 119 Å². The van der Waals surface area contributed by atoms with E-state index in [1.807, 2.05) is 45.9 Å². The summed E-state index contributed by atoms with van der Waals surface area (Å²) in [7, 11) is 0. The molecular formula is C15H21NO4. The quantitative estimate of drug-likeness (QED) is 0.924. The van der Waals surface area contributed by atoms with E-state index in [0.717, 1.165) is 17.1 Å². The van der Waals surface area contributed by atoms with Gasteiger partial charge in [-0.1, -0.05) is 6.07 Å². The predicted molar refractivity (Wildman–Crippen MR) is 75.1 cm³/mol. The first-order chi connectivity index (χ1) is 9.33. The molecule has 1 aromatic carbocycles. The molecule has 0 spiro atoms. The van der Waals surface area contributed by atoms with Crippen molar-refractivity contribution in [1.29, 1.82) is 0 Å². The van der Waals surface area contributed by atoms with Gasteiger partial charge in [0.05, 0.1) is 0 Å². The summed E-state index contributed by atoms with van der Waals surface area (Å²) in [6.45, 7) is 7.73. The van der Waals surface area contributed by atoms with E-state index in [2.05, 4.69) is 5.32 Å². The molecule has 1 aromatic rings. The van der Waals surface area contributed by atoms with Gasteiger partial charge in [0.15, 0.2) is 11.5 Å². The number of rotatable bonds is 3. The molecule has 1 N–H and O–H groups in total. The van der Waals surface area contributed by atoms with Gasteiger partial charge in [0.25, 0.3) is 0 Å². The standard InChI is InChI=1S/C15H21NO4/c1-10(16-14(17)20-15(2,3)4)7-11-5-6-12-13(8-11)19-9-18-12/h5-6,8,10H,7,9H2,1-4H3,(H,16,17)/t10-/m1/s1. The second-order valence-corrected chi connectivity index (χ2v) is 5.94. The van der Waals surface area contributed by atoms with Crippen LogP contribution in [0.1, 0.15) is 33.3 Å². The Morgan fingerprint density at radius 1 is 1.35 bits per heavy atom. The van der Waals surface area contributed by atoms with Gasteiger partial charge in [0, 0.05) is 6.04 Å². The molecule has 0 unspecified atom stereocenters. The number of benzene rings is 1. The van der Waals surface area contributed by atoms with Crippen LogP contribution in [0.15, 0.2) is 18.2 Å². The fraction of sp³-hybridized carbons (Fsp3) is 0.533. The maximum atomic E-state index is 11.7. The summed E-state index contributed by atoms with van der Waals surface area (Å²) >= 11 is 0. The predicted octanol–water partition coefficient (Wildman–Crippen LogP) is 2.87. The highest BCUT2D eigenvalue weighted by atomic mass is 16.7. The van der Waals surface area contributed by atoms with Crippen LogP contribution in [0.4, 0.5) is 4.79 Å². The SMILES string of the molecule is C[C@H](Cc1ccc2c(c1)OCO2)NC(=O)OC(C)(C)C. The van der Waals surface area contributed by atoms with Crippen LogP contribution < -0.4 is 14.8 Å². The average molecular weight is 279 g/mol. The van der Waals surface area contributed by atoms with Crippen LogP contribution in [0.2, 0.25) is 0 Å². The number of carbonyl (C=O) groups is 1. The Bertz CT molecular complexity index is 493. The van der Waals surface area contributed by atoms with Crippen LogP contribution in [0.25, 0.3) is 0 Å². The fourth-order valence-corrected chi connectivity index (χ4v) is 1.98. The van der Waals surface area contributed by atoms with Crippen molar-refractivity contribution in [2.75, 3.05) is 6.79 Å². The van der Waals surface area contributed by atoms with Crippen molar-refractivity contribution in [3.63, 3.8) is 0 Å². The van der Waals surface area contributed by atoms with E-state index in [1.165, 1.54) is 0 Å². The lowest BCUT2D eigenvalue weighted by Crippen LogP contribution is -2.38. The highest BCUT2D eigenvalue weighted by Gasteiger charge is 2.18. The van der Waals surface area contributed by atoms with Crippen LogP contribution in [-0.4, -0.2) is 24.5 Å². The maximum Gasteiger partial charge on any atom is 0.407 e. The van der Waals surface area contributed by atoms with Crippen LogP contribution in [-0.2, 0) is 11.2 Å². The molecule has 1 heterocycles. The largest absolute Gasteiger partial charge is 0.454 e. The molecule has 0 radical (unpaired) electrons. The second kappa shape index (κ2) is 5.61. The summed E-state index contributed by atoms with van der Waals surface area (Å²) in [5.74, 6) is 1.52. The van der Waals surface area contributed by atoms with Crippen molar-refractivity contribution in [2.45, 2.75) is 45.8 Å². The first-order valence-corrected chi connectivity index (χ1v) is 6.71. The fourth-order valence-electron chi connectivity index (χ4n) is 1.98. The Hall–Kier alpha value is -1.91. The molecule has 1 atom stereocenters. The smallest absolute Gasteiger partial charge is 0.407 e. The Morgan fingerprint density at radius 2 is 2.05 bits per heavy atom. The Kier molecular flexibility index (Phi) is 4.06. The van der Waals surface area contributed by atoms with Crippen molar-refractivity contribution in [3.05, 3.63) is 23.8 Å². The van der Waals surface area contributed by atoms with E-state index in [1.54, 1.807) is 0 Å². The minimum Gasteiger partial charge on any atom is -0.454 e. The summed E-state index contributed by atoms with van der Waals surface area (Å²) in [4.78, 5) is 11.7. The topological polar surface area (TPSA) is 56.8 Å². The maximum absolute atomic E-state index is 11.7. The average Bonchev–Trinajstić information content (AvgIpc) is 2.72. The van der Waals surface area contributed by atoms with Gasteiger partial charge in [0.2, 0.25) is 6.79 Å². The molecule has 110 valence electrons. The van der Waals surface area contributed by atoms with Gasteiger partial charge in [-0.3, -0.25) is 0 Å². The van der Waals surface area contributed by atoms with Crippen molar-refractivity contribution in [2.24, 2.45) is 0 Å². The lowest BCUT2D eigenvalue weighted by atomic mass is 10.1. The molecule has 0 aromatic heterocycles. The third kappa shape index (κ3) is 4.05. The molecule has 0 saturated carbocycles. The van der Waals surface area contributed by atoms with Crippen LogP contribution in [0.3, 0.4) is 0 Å². The van der Waals surface area contributed by atoms with Gasteiger partial charge in [-0.15, -0.1) is 0 Å². The summed E-state index contributed by atoms with van der Waals surface area (Å²) in [6, 6.07) is 5.78. The zero-order valence-electron chi connectivity index (χ0n) is 12.4. The number of amides is 1. The van der Waals surface area contributed by atoms with E-state index < -0.39 is 11.7 Å². The molecule has 0 bridgehead atoms. The first kappa shape index (κ1) is 14.5. The van der Waals surface area contributed by atoms with Crippen LogP contribution in [0, 0.1) is 0 Å². The Morgan fingerprint density at radius 3 is 2.75 bits per heavy atom. The molecule has 1 amide bonds. The minimum absolute atomic E-state index is 0.0229. The third-order valence-corrected chi connectivity index (χ3v) is 2.74. The van der Waals surface area contributed by atoms with Gasteiger partial charge in [-0.25, -0.2) is 4.79 Å². The molecule has 2 rings (SSSR count). The molecular weight excluding hydrogens is 258 g/mol. The van der Waals surface area contributed by atoms with Crippen molar-refractivity contribution < 1.29 is 19.0 Å². The van der Waals surface area contributed by atoms with Crippen molar-refractivity contribution >= 4 is 6.09 Å². The first-order valence-electron chi connectivity index (χ1n) is 6.71. The van der Waals surface area contributed by atoms with Crippen LogP contribution in [0.5, 0.6) is 11.5 Å². The van der Waals surface area contributed by atoms with E-state index in [0.29, 0.717) is 6.42 Å². The van der Waals surface area contributed by atoms with Crippen molar-refractivity contribution in [1.82, 2.24) is 5.32 Å². The Balaban J connectivity index is 1.88. The summed E-state index contributed by atoms with van der Waals surface area (Å²) in [5, 5.41) is 2.82. The molecule has 5 nitrogen and oxygen atoms in total. The van der Waals surface area contributed by atoms with Gasteiger partial charge >= 0.3 is 6.09 Å². The van der Waals surface area contributed by atoms with Crippen molar-refractivity contribution in [3.8, 4) is 11.5 Å². The van der Waals surface area contributed by atoms with Crippen LogP contribution >= 0.6 is 0 Å². The molecule has 5 heteroatoms. The molecule has 1 aliphatic heterocycles. The summed E-state index contributed by atoms with van der Waals surface area (Å²) in [5.41, 5.74) is 0.598. The molecule has 20 heavy (non-hydrogen) atoms. The third-order valence-electron chi connectivity index (χ3n) is 2.74. The molecule has 0 saturated heterocycles. The van der Waals surface area contributed by atoms with E-state index in [-0.39, 0.29) is 12.8 Å². The molecule has 0 fully saturated rings. The lowest BCUT2D eigenvalue weighted by Gasteiger charge is -2.22. The molecule has 1 aliphatic rings. The molecule has 0 aliphatic carbocycles. The van der Waals surface area contributed by atoms with E-state index in [9.17, 15) is 4.79 Å². The highest BCUT2D eigenvalue weighted by molar-refractivity contribution is 5.68. The highest BCUT2D eigenvalue weighted by Crippen LogP contribution is 2.32. The summed E-state index contributed by atoms with van der Waals surface area (Å²) < 4.78 is 15.8. The number of carbonyl (C=O) groups excluding carboxylic acids is 1. The zero-order chi connectivity index (χ0) is 14.8. The van der Waals surface area contributed by atoms with E-state index >= 15 is 0 Å². The monoisotopic (exact) mass is 279 g/mol. The number of hydrogen-bond donors (Lipinski definition) is 1. The summed E-state index contributed by atoms with van der Waals surface area (Å²) in [6.07, 6.45) is 0.307. The number of alkyl carbamates (subject to hydrolysis) is 1. The van der Waals surface area contributed by atoms with E-state index in [4.69, 9.17) is 14.2 Å².